The Morgan fingerprint density at radius 3 is 2.48 bits per heavy atom. The first-order chi connectivity index (χ1) is 13.0. The number of benzene rings is 1. The minimum Gasteiger partial charge on any atom is -0.387 e. The third-order valence-corrected chi connectivity index (χ3v) is 4.72. The molecule has 1 fully saturated rings. The lowest BCUT2D eigenvalue weighted by Gasteiger charge is -2.21. The Hall–Kier alpha value is -2.54. The van der Waals surface area contributed by atoms with E-state index >= 15 is 0 Å². The van der Waals surface area contributed by atoms with Gasteiger partial charge in [-0.1, -0.05) is 18.9 Å². The van der Waals surface area contributed by atoms with Crippen LogP contribution in [0.3, 0.4) is 0 Å². The Morgan fingerprint density at radius 2 is 1.85 bits per heavy atom. The summed E-state index contributed by atoms with van der Waals surface area (Å²) in [5.74, 6) is -1.54. The van der Waals surface area contributed by atoms with E-state index in [1.165, 1.54) is 25.1 Å². The lowest BCUT2D eigenvalue weighted by atomic mass is 10.1. The third kappa shape index (κ3) is 5.01. The third-order valence-electron chi connectivity index (χ3n) is 4.72. The van der Waals surface area contributed by atoms with Gasteiger partial charge in [0, 0.05) is 25.8 Å². The van der Waals surface area contributed by atoms with Gasteiger partial charge in [-0.2, -0.15) is 0 Å². The van der Waals surface area contributed by atoms with E-state index in [0.717, 1.165) is 43.9 Å². The highest BCUT2D eigenvalue weighted by atomic mass is 19.2. The summed E-state index contributed by atoms with van der Waals surface area (Å²) in [6, 6.07) is 6.68. The highest BCUT2D eigenvalue weighted by molar-refractivity contribution is 5.94. The molecule has 1 saturated heterocycles. The highest BCUT2D eigenvalue weighted by Crippen LogP contribution is 2.18. The zero-order valence-electron chi connectivity index (χ0n) is 15.0. The lowest BCUT2D eigenvalue weighted by molar-refractivity contribution is 0.0916. The fourth-order valence-corrected chi connectivity index (χ4v) is 3.14. The monoisotopic (exact) mass is 375 g/mol. The number of halogens is 2. The van der Waals surface area contributed by atoms with Crippen molar-refractivity contribution in [1.82, 2.24) is 10.3 Å². The van der Waals surface area contributed by atoms with Crippen molar-refractivity contribution >= 4 is 11.7 Å². The molecule has 0 radical (unpaired) electrons. The number of carbonyl (C=O) groups excluding carboxylic acids is 1. The maximum absolute atomic E-state index is 13.2. The van der Waals surface area contributed by atoms with Crippen molar-refractivity contribution in [2.45, 2.75) is 31.8 Å². The molecule has 1 aromatic carbocycles. The zero-order valence-corrected chi connectivity index (χ0v) is 15.0. The lowest BCUT2D eigenvalue weighted by Crippen LogP contribution is -2.29. The smallest absolute Gasteiger partial charge is 0.252 e. The summed E-state index contributed by atoms with van der Waals surface area (Å²) in [7, 11) is 0. The van der Waals surface area contributed by atoms with Crippen LogP contribution in [-0.2, 0) is 0 Å². The van der Waals surface area contributed by atoms with Crippen LogP contribution in [0, 0.1) is 11.6 Å². The van der Waals surface area contributed by atoms with Gasteiger partial charge in [0.2, 0.25) is 0 Å². The van der Waals surface area contributed by atoms with E-state index in [-0.39, 0.29) is 18.0 Å². The van der Waals surface area contributed by atoms with E-state index in [1.807, 2.05) is 6.07 Å². The molecule has 1 aromatic heterocycles. The van der Waals surface area contributed by atoms with Crippen LogP contribution in [0.25, 0.3) is 0 Å². The van der Waals surface area contributed by atoms with Gasteiger partial charge >= 0.3 is 0 Å². The van der Waals surface area contributed by atoms with E-state index in [1.54, 1.807) is 6.07 Å². The van der Waals surface area contributed by atoms with Crippen molar-refractivity contribution in [3.63, 3.8) is 0 Å². The maximum Gasteiger partial charge on any atom is 0.252 e. The quantitative estimate of drug-likeness (QED) is 0.842. The summed E-state index contributed by atoms with van der Waals surface area (Å²) in [6.07, 6.45) is 5.14. The van der Waals surface area contributed by atoms with E-state index in [0.29, 0.717) is 5.56 Å². The predicted molar refractivity (Wildman–Crippen MR) is 98.6 cm³/mol. The Kier molecular flexibility index (Phi) is 6.34. The molecule has 5 nitrogen and oxygen atoms in total. The van der Waals surface area contributed by atoms with Crippen LogP contribution in [0.1, 0.15) is 47.7 Å². The second-order valence-electron chi connectivity index (χ2n) is 6.71. The molecule has 144 valence electrons. The molecular weight excluding hydrogens is 352 g/mol. The molecule has 7 heteroatoms. The largest absolute Gasteiger partial charge is 0.387 e. The number of carbonyl (C=O) groups is 1. The zero-order chi connectivity index (χ0) is 19.2. The number of rotatable bonds is 5. The number of anilines is 1. The molecule has 0 saturated carbocycles. The van der Waals surface area contributed by atoms with Crippen molar-refractivity contribution in [2.75, 3.05) is 24.5 Å². The van der Waals surface area contributed by atoms with Crippen LogP contribution >= 0.6 is 0 Å². The van der Waals surface area contributed by atoms with Gasteiger partial charge in [0.05, 0.1) is 11.7 Å². The van der Waals surface area contributed by atoms with Crippen LogP contribution in [0.2, 0.25) is 0 Å². The van der Waals surface area contributed by atoms with Crippen LogP contribution in [-0.4, -0.2) is 35.6 Å². The molecule has 1 amide bonds. The number of nitrogens with zero attached hydrogens (tertiary/aromatic N) is 2. The topological polar surface area (TPSA) is 65.5 Å². The van der Waals surface area contributed by atoms with Crippen molar-refractivity contribution in [3.8, 4) is 0 Å². The Morgan fingerprint density at radius 1 is 1.11 bits per heavy atom. The summed E-state index contributed by atoms with van der Waals surface area (Å²) in [4.78, 5) is 18.8. The van der Waals surface area contributed by atoms with Crippen molar-refractivity contribution in [2.24, 2.45) is 0 Å². The van der Waals surface area contributed by atoms with Gasteiger partial charge < -0.3 is 15.3 Å². The molecule has 27 heavy (non-hydrogen) atoms. The number of hydrogen-bond acceptors (Lipinski definition) is 4. The van der Waals surface area contributed by atoms with Crippen LogP contribution in [0.15, 0.2) is 36.5 Å². The summed E-state index contributed by atoms with van der Waals surface area (Å²) in [5.41, 5.74) is 0.579. The average molecular weight is 375 g/mol. The van der Waals surface area contributed by atoms with Crippen molar-refractivity contribution in [3.05, 3.63) is 59.3 Å². The van der Waals surface area contributed by atoms with Gasteiger partial charge in [-0.15, -0.1) is 0 Å². The average Bonchev–Trinajstić information content (AvgIpc) is 2.97. The normalized spacial score (nSPS) is 15.9. The van der Waals surface area contributed by atoms with Crippen molar-refractivity contribution in [1.29, 1.82) is 0 Å². The Balaban J connectivity index is 1.56. The number of hydrogen-bond donors (Lipinski definition) is 2. The summed E-state index contributed by atoms with van der Waals surface area (Å²) in [5, 5.41) is 12.6. The number of amides is 1. The summed E-state index contributed by atoms with van der Waals surface area (Å²) >= 11 is 0. The number of aliphatic hydroxyl groups excluding tert-OH is 1. The molecule has 2 aromatic rings. The van der Waals surface area contributed by atoms with Crippen molar-refractivity contribution < 1.29 is 18.7 Å². The fourth-order valence-electron chi connectivity index (χ4n) is 3.14. The van der Waals surface area contributed by atoms with Gasteiger partial charge in [0.25, 0.3) is 5.91 Å². The van der Waals surface area contributed by atoms with Gasteiger partial charge in [0.1, 0.15) is 5.82 Å². The predicted octanol–water partition coefficient (Wildman–Crippen LogP) is 3.20. The molecule has 0 spiro atoms. The SMILES string of the molecule is O=C(NC[C@H](O)c1ccc(F)c(F)c1)c1ccc(N2CCCCCC2)nc1. The van der Waals surface area contributed by atoms with E-state index in [4.69, 9.17) is 0 Å². The van der Waals surface area contributed by atoms with Gasteiger partial charge in [-0.25, -0.2) is 13.8 Å². The maximum atomic E-state index is 13.2. The molecule has 0 unspecified atom stereocenters. The number of aliphatic hydroxyl groups is 1. The molecule has 2 N–H and O–H groups in total. The van der Waals surface area contributed by atoms with E-state index < -0.39 is 17.7 Å². The first-order valence-electron chi connectivity index (χ1n) is 9.17. The molecule has 2 heterocycles. The van der Waals surface area contributed by atoms with Gasteiger partial charge in [-0.3, -0.25) is 4.79 Å². The number of pyridine rings is 1. The molecular formula is C20H23F2N3O2. The fraction of sp³-hybridized carbons (Fsp3) is 0.400. The second kappa shape index (κ2) is 8.90. The van der Waals surface area contributed by atoms with Gasteiger partial charge in [0.15, 0.2) is 11.6 Å². The summed E-state index contributed by atoms with van der Waals surface area (Å²) < 4.78 is 26.2. The molecule has 1 atom stereocenters. The first-order valence-corrected chi connectivity index (χ1v) is 9.17. The van der Waals surface area contributed by atoms with Crippen LogP contribution < -0.4 is 10.2 Å². The Bertz CT molecular complexity index is 775. The van der Waals surface area contributed by atoms with Gasteiger partial charge in [-0.05, 0) is 42.7 Å². The van der Waals surface area contributed by atoms with E-state index in [2.05, 4.69) is 15.2 Å². The molecule has 1 aliphatic rings. The second-order valence-corrected chi connectivity index (χ2v) is 6.71. The minimum atomic E-state index is -1.13. The molecule has 3 rings (SSSR count). The van der Waals surface area contributed by atoms with Crippen LogP contribution in [0.5, 0.6) is 0 Å². The highest BCUT2D eigenvalue weighted by Gasteiger charge is 2.15. The van der Waals surface area contributed by atoms with E-state index in [9.17, 15) is 18.7 Å². The van der Waals surface area contributed by atoms with Crippen LogP contribution in [0.4, 0.5) is 14.6 Å². The number of nitrogens with one attached hydrogen (secondary N) is 1. The summed E-state index contributed by atoms with van der Waals surface area (Å²) in [6.45, 7) is 1.83. The number of aromatic nitrogens is 1. The molecule has 0 bridgehead atoms. The molecule has 1 aliphatic heterocycles. The Labute approximate surface area is 157 Å². The standard InChI is InChI=1S/C20H23F2N3O2/c21-16-7-5-14(11-17(16)22)18(26)13-24-20(27)15-6-8-19(23-12-15)25-9-3-1-2-4-10-25/h5-8,11-12,18,26H,1-4,9-10,13H2,(H,24,27)/t18-/m0/s1. The minimum absolute atomic E-state index is 0.113. The molecule has 0 aliphatic carbocycles. The first kappa shape index (κ1) is 19.2.